The summed E-state index contributed by atoms with van der Waals surface area (Å²) in [6, 6.07) is 11.1. The van der Waals surface area contributed by atoms with Gasteiger partial charge in [-0.2, -0.15) is 0 Å². The van der Waals surface area contributed by atoms with E-state index in [0.717, 1.165) is 26.1 Å². The van der Waals surface area contributed by atoms with Crippen molar-refractivity contribution in [1.82, 2.24) is 10.2 Å². The van der Waals surface area contributed by atoms with E-state index >= 15 is 0 Å². The van der Waals surface area contributed by atoms with Crippen molar-refractivity contribution in [1.29, 1.82) is 0 Å². The second-order valence-electron chi connectivity index (χ2n) is 6.22. The van der Waals surface area contributed by atoms with E-state index in [1.54, 1.807) is 0 Å². The van der Waals surface area contributed by atoms with Crippen molar-refractivity contribution in [3.63, 3.8) is 0 Å². The summed E-state index contributed by atoms with van der Waals surface area (Å²) in [4.78, 5) is 7.00. The fraction of sp³-hybridized carbons (Fsp3) is 0.588. The second kappa shape index (κ2) is 8.03. The molecule has 0 spiro atoms. The minimum Gasteiger partial charge on any atom is -0.370 e. The van der Waals surface area contributed by atoms with Crippen molar-refractivity contribution in [2.24, 2.45) is 16.6 Å². The van der Waals surface area contributed by atoms with Crippen LogP contribution in [0.25, 0.3) is 0 Å². The lowest BCUT2D eigenvalue weighted by atomic mass is 10.1. The Morgan fingerprint density at radius 3 is 2.86 bits per heavy atom. The number of likely N-dealkylation sites (tertiary alicyclic amines) is 1. The molecule has 0 aliphatic carbocycles. The molecule has 0 bridgehead atoms. The minimum absolute atomic E-state index is 0.347. The molecule has 1 aromatic rings. The van der Waals surface area contributed by atoms with E-state index in [-0.39, 0.29) is 0 Å². The highest BCUT2D eigenvalue weighted by Crippen LogP contribution is 2.17. The predicted molar refractivity (Wildman–Crippen MR) is 89.5 cm³/mol. The van der Waals surface area contributed by atoms with Crippen LogP contribution in [0.3, 0.4) is 0 Å². The molecule has 116 valence electrons. The number of hydrogen-bond donors (Lipinski definition) is 2. The molecule has 0 aromatic heterocycles. The first kappa shape index (κ1) is 15.8. The molecule has 1 aliphatic rings. The van der Waals surface area contributed by atoms with Gasteiger partial charge in [-0.05, 0) is 44.7 Å². The van der Waals surface area contributed by atoms with Crippen molar-refractivity contribution in [3.8, 4) is 0 Å². The third-order valence-electron chi connectivity index (χ3n) is 3.89. The van der Waals surface area contributed by atoms with Crippen LogP contribution in [-0.4, -0.2) is 43.1 Å². The molecular formula is C17H28N4. The van der Waals surface area contributed by atoms with Crippen molar-refractivity contribution in [3.05, 3.63) is 35.9 Å². The molecule has 2 rings (SSSR count). The molecule has 1 fully saturated rings. The van der Waals surface area contributed by atoms with Crippen molar-refractivity contribution in [2.75, 3.05) is 26.2 Å². The second-order valence-corrected chi connectivity index (χ2v) is 6.22. The first-order chi connectivity index (χ1) is 10.1. The van der Waals surface area contributed by atoms with E-state index < -0.39 is 0 Å². The maximum atomic E-state index is 5.85. The molecule has 1 aliphatic heterocycles. The van der Waals surface area contributed by atoms with Crippen molar-refractivity contribution < 1.29 is 0 Å². The number of nitrogens with one attached hydrogen (secondary N) is 1. The van der Waals surface area contributed by atoms with Crippen LogP contribution in [-0.2, 0) is 6.42 Å². The molecule has 1 saturated heterocycles. The Morgan fingerprint density at radius 1 is 1.38 bits per heavy atom. The highest BCUT2D eigenvalue weighted by Gasteiger charge is 2.21. The molecule has 0 radical (unpaired) electrons. The molecule has 4 nitrogen and oxygen atoms in total. The lowest BCUT2D eigenvalue weighted by Gasteiger charge is -2.15. The fourth-order valence-corrected chi connectivity index (χ4v) is 2.77. The zero-order valence-electron chi connectivity index (χ0n) is 13.3. The van der Waals surface area contributed by atoms with Gasteiger partial charge in [-0.15, -0.1) is 0 Å². The number of guanidine groups is 1. The number of benzene rings is 1. The van der Waals surface area contributed by atoms with E-state index in [2.05, 4.69) is 59.4 Å². The molecule has 0 amide bonds. The minimum atomic E-state index is 0.347. The molecule has 0 saturated carbocycles. The van der Waals surface area contributed by atoms with Gasteiger partial charge in [0.2, 0.25) is 0 Å². The van der Waals surface area contributed by atoms with E-state index in [4.69, 9.17) is 5.73 Å². The standard InChI is InChI=1S/C17H28N4/c1-14(2)20-17(18)19-12-16-9-11-21(13-16)10-8-15-6-4-3-5-7-15/h3-7,14,16H,8-13H2,1-2H3,(H3,18,19,20). The van der Waals surface area contributed by atoms with E-state index in [1.807, 2.05) is 0 Å². The third-order valence-corrected chi connectivity index (χ3v) is 3.89. The van der Waals surface area contributed by atoms with Crippen LogP contribution in [0.5, 0.6) is 0 Å². The smallest absolute Gasteiger partial charge is 0.188 e. The van der Waals surface area contributed by atoms with Gasteiger partial charge in [0.05, 0.1) is 0 Å². The molecule has 1 aromatic carbocycles. The number of nitrogens with two attached hydrogens (primary N) is 1. The van der Waals surface area contributed by atoms with Crippen LogP contribution in [0, 0.1) is 5.92 Å². The highest BCUT2D eigenvalue weighted by atomic mass is 15.2. The number of aliphatic imine (C=N–C) groups is 1. The van der Waals surface area contributed by atoms with Gasteiger partial charge < -0.3 is 16.0 Å². The zero-order chi connectivity index (χ0) is 15.1. The Hall–Kier alpha value is -1.55. The Balaban J connectivity index is 1.69. The molecule has 1 atom stereocenters. The predicted octanol–water partition coefficient (Wildman–Crippen LogP) is 1.86. The van der Waals surface area contributed by atoms with Crippen LogP contribution in [0.15, 0.2) is 35.3 Å². The summed E-state index contributed by atoms with van der Waals surface area (Å²) < 4.78 is 0. The molecule has 1 heterocycles. The lowest BCUT2D eigenvalue weighted by molar-refractivity contribution is 0.329. The van der Waals surface area contributed by atoms with E-state index in [9.17, 15) is 0 Å². The van der Waals surface area contributed by atoms with Gasteiger partial charge in [0.15, 0.2) is 5.96 Å². The summed E-state index contributed by atoms with van der Waals surface area (Å²) in [5.41, 5.74) is 7.27. The number of rotatable bonds is 6. The highest BCUT2D eigenvalue weighted by molar-refractivity contribution is 5.78. The van der Waals surface area contributed by atoms with E-state index in [0.29, 0.717) is 17.9 Å². The Morgan fingerprint density at radius 2 is 2.14 bits per heavy atom. The van der Waals surface area contributed by atoms with Gasteiger partial charge in [-0.25, -0.2) is 0 Å². The largest absolute Gasteiger partial charge is 0.370 e. The van der Waals surface area contributed by atoms with Gasteiger partial charge in [0, 0.05) is 25.7 Å². The number of nitrogens with zero attached hydrogens (tertiary/aromatic N) is 2. The van der Waals surface area contributed by atoms with Gasteiger partial charge >= 0.3 is 0 Å². The Labute approximate surface area is 128 Å². The Bertz CT molecular complexity index is 441. The molecular weight excluding hydrogens is 260 g/mol. The monoisotopic (exact) mass is 288 g/mol. The summed E-state index contributed by atoms with van der Waals surface area (Å²) in [6.45, 7) is 8.46. The van der Waals surface area contributed by atoms with Gasteiger partial charge in [-0.1, -0.05) is 30.3 Å². The summed E-state index contributed by atoms with van der Waals surface area (Å²) in [5.74, 6) is 1.22. The van der Waals surface area contributed by atoms with E-state index in [1.165, 1.54) is 18.5 Å². The molecule has 1 unspecified atom stereocenters. The van der Waals surface area contributed by atoms with Gasteiger partial charge in [-0.3, -0.25) is 4.99 Å². The van der Waals surface area contributed by atoms with Crippen LogP contribution in [0.2, 0.25) is 0 Å². The molecule has 21 heavy (non-hydrogen) atoms. The number of hydrogen-bond acceptors (Lipinski definition) is 2. The van der Waals surface area contributed by atoms with Gasteiger partial charge in [0.1, 0.15) is 0 Å². The zero-order valence-corrected chi connectivity index (χ0v) is 13.3. The van der Waals surface area contributed by atoms with Crippen LogP contribution in [0.4, 0.5) is 0 Å². The van der Waals surface area contributed by atoms with Crippen LogP contribution >= 0.6 is 0 Å². The average molecular weight is 288 g/mol. The topological polar surface area (TPSA) is 53.6 Å². The summed E-state index contributed by atoms with van der Waals surface area (Å²) in [5, 5.41) is 3.14. The lowest BCUT2D eigenvalue weighted by Crippen LogP contribution is -2.37. The quantitative estimate of drug-likeness (QED) is 0.620. The van der Waals surface area contributed by atoms with Gasteiger partial charge in [0.25, 0.3) is 0 Å². The first-order valence-corrected chi connectivity index (χ1v) is 7.96. The maximum absolute atomic E-state index is 5.85. The van der Waals surface area contributed by atoms with Crippen molar-refractivity contribution in [2.45, 2.75) is 32.7 Å². The molecule has 3 N–H and O–H groups in total. The third kappa shape index (κ3) is 5.76. The normalized spacial score (nSPS) is 20.1. The first-order valence-electron chi connectivity index (χ1n) is 7.96. The summed E-state index contributed by atoms with van der Waals surface area (Å²) in [6.07, 6.45) is 2.36. The van der Waals surface area contributed by atoms with Crippen LogP contribution < -0.4 is 11.1 Å². The van der Waals surface area contributed by atoms with Crippen molar-refractivity contribution >= 4 is 5.96 Å². The Kier molecular flexibility index (Phi) is 6.05. The SMILES string of the molecule is CC(C)NC(N)=NCC1CCN(CCc2ccccc2)C1. The summed E-state index contributed by atoms with van der Waals surface area (Å²) in [7, 11) is 0. The fourth-order valence-electron chi connectivity index (χ4n) is 2.77. The molecule has 4 heteroatoms. The maximum Gasteiger partial charge on any atom is 0.188 e. The summed E-state index contributed by atoms with van der Waals surface area (Å²) >= 11 is 0. The average Bonchev–Trinajstić information content (AvgIpc) is 2.91. The van der Waals surface area contributed by atoms with Crippen LogP contribution in [0.1, 0.15) is 25.8 Å².